The molecule has 3 aromatic heterocycles. The van der Waals surface area contributed by atoms with E-state index in [0.717, 1.165) is 40.3 Å². The monoisotopic (exact) mass is 598 g/mol. The number of hydrogen-bond acceptors (Lipinski definition) is 7. The molecule has 5 heterocycles. The second kappa shape index (κ2) is 10.3. The van der Waals surface area contributed by atoms with E-state index in [4.69, 9.17) is 4.74 Å². The van der Waals surface area contributed by atoms with Gasteiger partial charge in [0.25, 0.3) is 0 Å². The summed E-state index contributed by atoms with van der Waals surface area (Å²) in [5.74, 6) is -0.916. The summed E-state index contributed by atoms with van der Waals surface area (Å²) in [5.41, 5.74) is 1.35. The second-order valence-corrected chi connectivity index (χ2v) is 12.1. The van der Waals surface area contributed by atoms with Crippen molar-refractivity contribution in [2.45, 2.75) is 43.6 Å². The Labute approximate surface area is 242 Å². The number of ether oxygens (including phenoxy) is 1. The first-order valence-corrected chi connectivity index (χ1v) is 14.4. The van der Waals surface area contributed by atoms with Gasteiger partial charge in [0.05, 0.1) is 48.3 Å². The molecule has 1 aromatic carbocycles. The number of rotatable bonds is 5. The summed E-state index contributed by atoms with van der Waals surface area (Å²) in [4.78, 5) is 18.5. The van der Waals surface area contributed by atoms with Crippen LogP contribution < -0.4 is 0 Å². The highest BCUT2D eigenvalue weighted by molar-refractivity contribution is 7.97. The Bertz CT molecular complexity index is 1630. The summed E-state index contributed by atoms with van der Waals surface area (Å²) >= 11 is 1.45. The molecular formula is C29H26F4N6O2S. The van der Waals surface area contributed by atoms with Gasteiger partial charge in [-0.3, -0.25) is 14.5 Å². The van der Waals surface area contributed by atoms with Gasteiger partial charge in [-0.2, -0.15) is 23.4 Å². The van der Waals surface area contributed by atoms with Crippen molar-refractivity contribution in [3.63, 3.8) is 0 Å². The number of alkyl halides is 3. The molecule has 1 aliphatic carbocycles. The molecule has 0 amide bonds. The Kier molecular flexibility index (Phi) is 6.70. The lowest BCUT2D eigenvalue weighted by Crippen LogP contribution is -2.55. The number of pyridine rings is 1. The Morgan fingerprint density at radius 1 is 1.12 bits per heavy atom. The summed E-state index contributed by atoms with van der Waals surface area (Å²) in [6.07, 6.45) is -0.387. The summed E-state index contributed by atoms with van der Waals surface area (Å²) < 4.78 is 65.7. The topological polar surface area (TPSA) is 78.1 Å². The number of aromatic nitrogens is 5. The molecule has 218 valence electrons. The number of nitrogens with zero attached hydrogens (tertiary/aromatic N) is 6. The van der Waals surface area contributed by atoms with Crippen LogP contribution in [0.2, 0.25) is 0 Å². The summed E-state index contributed by atoms with van der Waals surface area (Å²) in [5, 5.41) is 10.0. The van der Waals surface area contributed by atoms with Crippen LogP contribution in [0.5, 0.6) is 0 Å². The molecule has 0 N–H and O–H groups in total. The zero-order valence-corrected chi connectivity index (χ0v) is 23.2. The van der Waals surface area contributed by atoms with E-state index in [9.17, 15) is 22.4 Å². The van der Waals surface area contributed by atoms with Gasteiger partial charge in [-0.05, 0) is 85.2 Å². The Hall–Kier alpha value is -3.55. The maximum absolute atomic E-state index is 14.3. The van der Waals surface area contributed by atoms with Crippen LogP contribution in [0, 0.1) is 17.2 Å². The molecule has 0 radical (unpaired) electrons. The van der Waals surface area contributed by atoms with E-state index in [0.29, 0.717) is 57.8 Å². The summed E-state index contributed by atoms with van der Waals surface area (Å²) in [7, 11) is 0. The van der Waals surface area contributed by atoms with Gasteiger partial charge in [-0.1, -0.05) is 0 Å². The Morgan fingerprint density at radius 2 is 1.95 bits per heavy atom. The number of carbonyl (C=O) groups is 1. The molecule has 3 aliphatic rings. The fourth-order valence-corrected chi connectivity index (χ4v) is 7.47. The van der Waals surface area contributed by atoms with Crippen LogP contribution in [0.25, 0.3) is 5.69 Å². The highest BCUT2D eigenvalue weighted by atomic mass is 32.2. The number of Topliss-reactive ketones (excluding diaryl/α,β-unsaturated/α-hetero) is 1. The van der Waals surface area contributed by atoms with E-state index in [1.54, 1.807) is 23.0 Å². The smallest absolute Gasteiger partial charge is 0.373 e. The predicted octanol–water partition coefficient (Wildman–Crippen LogP) is 5.15. The Balaban J connectivity index is 1.25. The molecule has 13 heteroatoms. The number of benzene rings is 1. The van der Waals surface area contributed by atoms with Crippen molar-refractivity contribution < 1.29 is 27.1 Å². The molecule has 8 nitrogen and oxygen atoms in total. The van der Waals surface area contributed by atoms with E-state index in [1.165, 1.54) is 24.1 Å². The lowest BCUT2D eigenvalue weighted by molar-refractivity contribution is -0.137. The van der Waals surface area contributed by atoms with Crippen LogP contribution in [-0.4, -0.2) is 54.3 Å². The van der Waals surface area contributed by atoms with Crippen LogP contribution in [-0.2, 0) is 36.9 Å². The van der Waals surface area contributed by atoms with Gasteiger partial charge >= 0.3 is 6.18 Å². The molecule has 0 spiro atoms. The molecule has 7 rings (SSSR count). The van der Waals surface area contributed by atoms with Crippen molar-refractivity contribution >= 4 is 17.7 Å². The van der Waals surface area contributed by atoms with E-state index in [2.05, 4.69) is 19.5 Å². The second-order valence-electron chi connectivity index (χ2n) is 11.0. The van der Waals surface area contributed by atoms with Crippen LogP contribution in [0.3, 0.4) is 0 Å². The lowest BCUT2D eigenvalue weighted by atomic mass is 9.60. The molecular weight excluding hydrogens is 572 g/mol. The third-order valence-corrected chi connectivity index (χ3v) is 9.43. The maximum atomic E-state index is 14.3. The van der Waals surface area contributed by atoms with E-state index < -0.39 is 22.9 Å². The maximum Gasteiger partial charge on any atom is 0.416 e. The molecule has 2 aliphatic heterocycles. The number of fused-ring (bicyclic) bond motifs is 3. The normalized spacial score (nSPS) is 22.3. The SMILES string of the molecule is O=C(c1cc(C(F)(F)F)ccn1)[C@]12Cc3cnn(-c4ccc(F)cc4)c3C[C@@H]1CCN(Sc1cc3n(n1)CCOC3)C2. The van der Waals surface area contributed by atoms with Crippen molar-refractivity contribution in [2.24, 2.45) is 11.3 Å². The summed E-state index contributed by atoms with van der Waals surface area (Å²) in [6, 6.07) is 9.76. The first-order valence-electron chi connectivity index (χ1n) is 13.7. The van der Waals surface area contributed by atoms with Crippen LogP contribution in [0.1, 0.15) is 39.4 Å². The first-order chi connectivity index (χ1) is 20.2. The molecule has 0 unspecified atom stereocenters. The fraction of sp³-hybridized carbons (Fsp3) is 0.379. The number of halogens is 4. The van der Waals surface area contributed by atoms with Gasteiger partial charge in [0, 0.05) is 25.0 Å². The van der Waals surface area contributed by atoms with Gasteiger partial charge in [-0.15, -0.1) is 0 Å². The van der Waals surface area contributed by atoms with Crippen molar-refractivity contribution in [1.29, 1.82) is 0 Å². The molecule has 2 atom stereocenters. The summed E-state index contributed by atoms with van der Waals surface area (Å²) in [6.45, 7) is 2.74. The van der Waals surface area contributed by atoms with Crippen molar-refractivity contribution in [3.8, 4) is 5.69 Å². The van der Waals surface area contributed by atoms with Gasteiger partial charge < -0.3 is 4.74 Å². The molecule has 1 fully saturated rings. The number of ketones is 1. The van der Waals surface area contributed by atoms with E-state index in [-0.39, 0.29) is 17.4 Å². The van der Waals surface area contributed by atoms with Crippen LogP contribution in [0.15, 0.2) is 59.9 Å². The van der Waals surface area contributed by atoms with Crippen molar-refractivity contribution in [3.05, 3.63) is 88.9 Å². The zero-order valence-electron chi connectivity index (χ0n) is 22.4. The van der Waals surface area contributed by atoms with Gasteiger partial charge in [0.2, 0.25) is 0 Å². The molecule has 42 heavy (non-hydrogen) atoms. The molecule has 0 saturated carbocycles. The van der Waals surface area contributed by atoms with Crippen LogP contribution in [0.4, 0.5) is 17.6 Å². The highest BCUT2D eigenvalue weighted by Crippen LogP contribution is 2.49. The van der Waals surface area contributed by atoms with Gasteiger partial charge in [0.15, 0.2) is 5.78 Å². The minimum absolute atomic E-state index is 0.162. The lowest BCUT2D eigenvalue weighted by Gasteiger charge is -2.49. The molecule has 1 saturated heterocycles. The minimum atomic E-state index is -4.59. The zero-order chi connectivity index (χ0) is 29.1. The third-order valence-electron chi connectivity index (χ3n) is 8.47. The van der Waals surface area contributed by atoms with E-state index >= 15 is 0 Å². The largest absolute Gasteiger partial charge is 0.416 e. The number of carbonyl (C=O) groups excluding carboxylic acids is 1. The predicted molar refractivity (Wildman–Crippen MR) is 144 cm³/mol. The number of piperidine rings is 1. The van der Waals surface area contributed by atoms with Crippen LogP contribution >= 0.6 is 11.9 Å². The quantitative estimate of drug-likeness (QED) is 0.179. The molecule has 0 bridgehead atoms. The third kappa shape index (κ3) is 4.82. The first kappa shape index (κ1) is 27.3. The van der Waals surface area contributed by atoms with Gasteiger partial charge in [0.1, 0.15) is 16.5 Å². The van der Waals surface area contributed by atoms with E-state index in [1.807, 2.05) is 10.7 Å². The average Bonchev–Trinajstić information content (AvgIpc) is 3.58. The fourth-order valence-electron chi connectivity index (χ4n) is 6.39. The van der Waals surface area contributed by atoms with Crippen molar-refractivity contribution in [1.82, 2.24) is 28.9 Å². The number of hydrogen-bond donors (Lipinski definition) is 0. The highest BCUT2D eigenvalue weighted by Gasteiger charge is 2.53. The molecule has 4 aromatic rings. The minimum Gasteiger partial charge on any atom is -0.373 e. The van der Waals surface area contributed by atoms with Crippen molar-refractivity contribution in [2.75, 3.05) is 19.7 Å². The standard InChI is InChI=1S/C29H26F4N6O2S/c30-21-1-3-22(4-2-21)39-25-12-19-6-8-37(42-26-13-23-16-41-10-9-38(23)36-26)17-28(19,14-18(25)15-35-39)27(40)24-11-20(5-7-34-24)29(31,32)33/h1-5,7,11,13,15,19H,6,8-10,12,14,16-17H2/t19-,28-/m0/s1. The Morgan fingerprint density at radius 3 is 2.74 bits per heavy atom. The van der Waals surface area contributed by atoms with Gasteiger partial charge in [-0.25, -0.2) is 13.4 Å². The average molecular weight is 599 g/mol.